The van der Waals surface area contributed by atoms with Crippen LogP contribution < -0.4 is 0 Å². The topological polar surface area (TPSA) is 163 Å². The zero-order chi connectivity index (χ0) is 9.14. The fourth-order valence-corrected chi connectivity index (χ4v) is 0.549. The van der Waals surface area contributed by atoms with E-state index >= 15 is 0 Å². The van der Waals surface area contributed by atoms with Crippen LogP contribution in [-0.2, 0) is 0 Å². The van der Waals surface area contributed by atoms with Crippen LogP contribution in [0.4, 0.5) is 0 Å². The van der Waals surface area contributed by atoms with Crippen LogP contribution in [-0.4, -0.2) is 80.8 Å². The Morgan fingerprint density at radius 2 is 1.25 bits per heavy atom. The summed E-state index contributed by atoms with van der Waals surface area (Å²) in [6.07, 6.45) is 1.79. The van der Waals surface area contributed by atoms with E-state index in [1.807, 2.05) is 0 Å². The molecule has 1 aromatic rings. The minimum Gasteiger partial charge on any atom is -1.00 e. The monoisotopic (exact) mass is 374 g/mol. The van der Waals surface area contributed by atoms with Crippen LogP contribution in [0.2, 0.25) is 0 Å². The third-order valence-corrected chi connectivity index (χ3v) is 1.09. The van der Waals surface area contributed by atoms with Crippen molar-refractivity contribution in [3.63, 3.8) is 0 Å². The Morgan fingerprint density at radius 3 is 1.38 bits per heavy atom. The standard InChI is InChI=1S/C6H4N2O4.Ca.HI.2H2O.2H/c9-5(10)3-1-7-4(2-8-3)6(11)12;;;;;;/h1-2H,(H,9,10)(H,11,12);;1H;2*1H2;;/q;+2;;;;2*-1. The molecule has 0 aliphatic carbocycles. The van der Waals surface area contributed by atoms with Crippen molar-refractivity contribution in [2.75, 3.05) is 0 Å². The molecule has 8 nitrogen and oxygen atoms in total. The molecule has 0 bridgehead atoms. The Morgan fingerprint density at radius 1 is 1.00 bits per heavy atom. The predicted octanol–water partition coefficient (Wildman–Crippen LogP) is -1.31. The Balaban J connectivity index is -0.0000000600. The number of nitrogens with zero attached hydrogens (tertiary/aromatic N) is 2. The van der Waals surface area contributed by atoms with E-state index in [-0.39, 0.29) is 86.9 Å². The normalized spacial score (nSPS) is 7.00. The molecule has 0 aliphatic heterocycles. The minimum atomic E-state index is -1.24. The largest absolute Gasteiger partial charge is 2.00 e. The van der Waals surface area contributed by atoms with E-state index in [9.17, 15) is 9.59 Å². The Hall–Kier alpha value is -0.0703. The molecular formula is C6H11CaIN2O6. The maximum absolute atomic E-state index is 10.2. The minimum absolute atomic E-state index is 0. The summed E-state index contributed by atoms with van der Waals surface area (Å²) in [7, 11) is 0. The fraction of sp³-hybridized carbons (Fsp3) is 0. The molecule has 1 aromatic heterocycles. The zero-order valence-corrected chi connectivity index (χ0v) is 12.4. The number of carbonyl (C=O) groups is 2. The van der Waals surface area contributed by atoms with E-state index in [1.165, 1.54) is 0 Å². The second kappa shape index (κ2) is 11.4. The molecular weight excluding hydrogens is 363 g/mol. The van der Waals surface area contributed by atoms with Gasteiger partial charge in [0.25, 0.3) is 0 Å². The third-order valence-electron chi connectivity index (χ3n) is 1.09. The van der Waals surface area contributed by atoms with Crippen molar-refractivity contribution < 1.29 is 33.6 Å². The van der Waals surface area contributed by atoms with E-state index in [1.54, 1.807) is 0 Å². The van der Waals surface area contributed by atoms with Crippen molar-refractivity contribution in [1.82, 2.24) is 9.97 Å². The summed E-state index contributed by atoms with van der Waals surface area (Å²) in [6.45, 7) is 0. The molecule has 0 aromatic carbocycles. The summed E-state index contributed by atoms with van der Waals surface area (Å²) in [5.41, 5.74) is -0.556. The molecule has 1 rings (SSSR count). The molecule has 16 heavy (non-hydrogen) atoms. The Bertz CT molecular complexity index is 308. The fourth-order valence-electron chi connectivity index (χ4n) is 0.549. The molecule has 0 saturated heterocycles. The molecule has 0 atom stereocenters. The molecule has 90 valence electrons. The van der Waals surface area contributed by atoms with Crippen molar-refractivity contribution in [1.29, 1.82) is 0 Å². The van der Waals surface area contributed by atoms with E-state index < -0.39 is 11.9 Å². The van der Waals surface area contributed by atoms with Gasteiger partial charge in [0.05, 0.1) is 12.4 Å². The number of carboxylic acid groups (broad SMARTS) is 2. The summed E-state index contributed by atoms with van der Waals surface area (Å²) in [5.74, 6) is -2.47. The number of rotatable bonds is 2. The van der Waals surface area contributed by atoms with Crippen molar-refractivity contribution in [2.45, 2.75) is 0 Å². The van der Waals surface area contributed by atoms with Crippen LogP contribution in [0.3, 0.4) is 0 Å². The van der Waals surface area contributed by atoms with Gasteiger partial charge in [0.15, 0.2) is 11.4 Å². The summed E-state index contributed by atoms with van der Waals surface area (Å²) in [6, 6.07) is 0. The first-order chi connectivity index (χ1) is 5.61. The van der Waals surface area contributed by atoms with Gasteiger partial charge in [0, 0.05) is 0 Å². The van der Waals surface area contributed by atoms with E-state index in [4.69, 9.17) is 10.2 Å². The van der Waals surface area contributed by atoms with Gasteiger partial charge < -0.3 is 24.0 Å². The first-order valence-electron chi connectivity index (χ1n) is 2.90. The van der Waals surface area contributed by atoms with Gasteiger partial charge in [-0.3, -0.25) is 0 Å². The summed E-state index contributed by atoms with van der Waals surface area (Å²) in [4.78, 5) is 27.2. The Labute approximate surface area is 140 Å². The van der Waals surface area contributed by atoms with Gasteiger partial charge in [-0.15, -0.1) is 24.0 Å². The van der Waals surface area contributed by atoms with Gasteiger partial charge in [-0.2, -0.15) is 0 Å². The third kappa shape index (κ3) is 7.24. The number of aromatic nitrogens is 2. The number of carboxylic acids is 2. The quantitative estimate of drug-likeness (QED) is 0.482. The smallest absolute Gasteiger partial charge is 1.00 e. The summed E-state index contributed by atoms with van der Waals surface area (Å²) < 4.78 is 0. The van der Waals surface area contributed by atoms with E-state index in [0.29, 0.717) is 0 Å². The van der Waals surface area contributed by atoms with Crippen LogP contribution in [0.25, 0.3) is 0 Å². The molecule has 0 unspecified atom stereocenters. The van der Waals surface area contributed by atoms with Crippen LogP contribution in [0.15, 0.2) is 12.4 Å². The number of aromatic carboxylic acids is 2. The maximum Gasteiger partial charge on any atom is 2.00 e. The van der Waals surface area contributed by atoms with Gasteiger partial charge in [-0.05, 0) is 0 Å². The van der Waals surface area contributed by atoms with E-state index in [2.05, 4.69) is 9.97 Å². The van der Waals surface area contributed by atoms with Gasteiger partial charge in [0.2, 0.25) is 0 Å². The van der Waals surface area contributed by atoms with Crippen LogP contribution >= 0.6 is 24.0 Å². The number of hydrogen-bond acceptors (Lipinski definition) is 4. The molecule has 0 spiro atoms. The molecule has 0 radical (unpaired) electrons. The molecule has 1 heterocycles. The number of hydrogen-bond donors (Lipinski definition) is 2. The average molecular weight is 374 g/mol. The van der Waals surface area contributed by atoms with Crippen LogP contribution in [0.5, 0.6) is 0 Å². The number of halogens is 1. The van der Waals surface area contributed by atoms with Gasteiger partial charge in [0.1, 0.15) is 0 Å². The Kier molecular flexibility index (Phi) is 17.8. The SMILES string of the molecule is I.O.O.O=C(O)c1cnc(C(=O)O)cn1.[Ca+2].[H-].[H-]. The molecule has 0 fully saturated rings. The van der Waals surface area contributed by atoms with Crippen LogP contribution in [0, 0.1) is 0 Å². The van der Waals surface area contributed by atoms with E-state index in [0.717, 1.165) is 12.4 Å². The average Bonchev–Trinajstić information content (AvgIpc) is 2.04. The van der Waals surface area contributed by atoms with Crippen molar-refractivity contribution in [3.8, 4) is 0 Å². The first kappa shape index (κ1) is 24.9. The molecule has 10 heteroatoms. The molecule has 0 saturated carbocycles. The first-order valence-corrected chi connectivity index (χ1v) is 2.90. The molecule has 0 amide bonds. The van der Waals surface area contributed by atoms with Crippen LogP contribution in [0.1, 0.15) is 23.8 Å². The van der Waals surface area contributed by atoms with Gasteiger partial charge in [-0.1, -0.05) is 0 Å². The van der Waals surface area contributed by atoms with Crippen molar-refractivity contribution in [2.24, 2.45) is 0 Å². The second-order valence-corrected chi connectivity index (χ2v) is 1.90. The molecule has 0 aliphatic rings. The maximum atomic E-state index is 10.2. The zero-order valence-electron chi connectivity index (χ0n) is 9.88. The van der Waals surface area contributed by atoms with Gasteiger partial charge in [-0.25, -0.2) is 19.6 Å². The molecule has 6 N–H and O–H groups in total. The van der Waals surface area contributed by atoms with Gasteiger partial charge >= 0.3 is 49.7 Å². The van der Waals surface area contributed by atoms with Crippen molar-refractivity contribution >= 4 is 73.7 Å². The summed E-state index contributed by atoms with van der Waals surface area (Å²) >= 11 is 0. The predicted molar refractivity (Wildman–Crippen MR) is 66.6 cm³/mol. The van der Waals surface area contributed by atoms with Crippen molar-refractivity contribution in [3.05, 3.63) is 23.8 Å². The second-order valence-electron chi connectivity index (χ2n) is 1.90. The summed E-state index contributed by atoms with van der Waals surface area (Å²) in [5, 5.41) is 16.7.